The zero-order chi connectivity index (χ0) is 10.8. The van der Waals surface area contributed by atoms with Gasteiger partial charge in [-0.1, -0.05) is 0 Å². The van der Waals surface area contributed by atoms with Gasteiger partial charge in [-0.05, 0) is 25.0 Å². The Labute approximate surface area is 87.7 Å². The Morgan fingerprint density at radius 1 is 1.33 bits per heavy atom. The molecule has 2 atom stereocenters. The molecule has 1 aliphatic rings. The molecular weight excluding hydrogens is 196 g/mol. The monoisotopic (exact) mass is 210 g/mol. The topological polar surface area (TPSA) is 69.9 Å². The van der Waals surface area contributed by atoms with E-state index >= 15 is 0 Å². The fourth-order valence-corrected chi connectivity index (χ4v) is 1.83. The summed E-state index contributed by atoms with van der Waals surface area (Å²) in [6.45, 7) is 0.653. The number of hydrogen-bond donors (Lipinski definition) is 3. The van der Waals surface area contributed by atoms with Crippen LogP contribution >= 0.6 is 0 Å². The lowest BCUT2D eigenvalue weighted by Crippen LogP contribution is -2.17. The predicted octanol–water partition coefficient (Wildman–Crippen LogP) is 1.31. The van der Waals surface area contributed by atoms with Crippen LogP contribution in [0.2, 0.25) is 0 Å². The van der Waals surface area contributed by atoms with Crippen LogP contribution in [0.4, 0.5) is 0 Å². The lowest BCUT2D eigenvalue weighted by molar-refractivity contribution is -0.00364. The Balaban J connectivity index is 2.20. The first-order valence-corrected chi connectivity index (χ1v) is 5.00. The molecule has 3 N–H and O–H groups in total. The summed E-state index contributed by atoms with van der Waals surface area (Å²) in [5.74, 6) is -0.117. The van der Waals surface area contributed by atoms with Gasteiger partial charge >= 0.3 is 0 Å². The number of phenols is 2. The number of rotatable bonds is 2. The highest BCUT2D eigenvalue weighted by molar-refractivity contribution is 5.40. The molecule has 4 nitrogen and oxygen atoms in total. The molecule has 0 aromatic heterocycles. The minimum Gasteiger partial charge on any atom is -0.508 e. The van der Waals surface area contributed by atoms with Crippen molar-refractivity contribution in [3.05, 3.63) is 23.8 Å². The highest BCUT2D eigenvalue weighted by atomic mass is 16.5. The van der Waals surface area contributed by atoms with Crippen LogP contribution in [-0.4, -0.2) is 28.0 Å². The molecule has 0 spiro atoms. The second-order valence-corrected chi connectivity index (χ2v) is 3.74. The van der Waals surface area contributed by atoms with Crippen LogP contribution in [-0.2, 0) is 4.74 Å². The second-order valence-electron chi connectivity index (χ2n) is 3.74. The van der Waals surface area contributed by atoms with E-state index in [9.17, 15) is 10.2 Å². The quantitative estimate of drug-likeness (QED) is 0.688. The SMILES string of the molecule is Oc1ccc([C@@H](O)[C@@H]2CCCO2)c(O)c1. The van der Waals surface area contributed by atoms with Crippen molar-refractivity contribution in [2.45, 2.75) is 25.0 Å². The molecule has 15 heavy (non-hydrogen) atoms. The first-order chi connectivity index (χ1) is 7.18. The number of hydrogen-bond acceptors (Lipinski definition) is 4. The number of benzene rings is 1. The first kappa shape index (κ1) is 10.3. The van der Waals surface area contributed by atoms with Gasteiger partial charge < -0.3 is 20.1 Å². The zero-order valence-electron chi connectivity index (χ0n) is 8.26. The number of phenolic OH excluding ortho intramolecular Hbond substituents is 2. The highest BCUT2D eigenvalue weighted by Gasteiger charge is 2.27. The summed E-state index contributed by atoms with van der Waals surface area (Å²) in [5, 5.41) is 28.6. The summed E-state index contributed by atoms with van der Waals surface area (Å²) >= 11 is 0. The Morgan fingerprint density at radius 2 is 2.13 bits per heavy atom. The van der Waals surface area contributed by atoms with Crippen molar-refractivity contribution in [1.29, 1.82) is 0 Å². The maximum absolute atomic E-state index is 9.93. The van der Waals surface area contributed by atoms with Crippen molar-refractivity contribution in [1.82, 2.24) is 0 Å². The van der Waals surface area contributed by atoms with Gasteiger partial charge in [0.15, 0.2) is 0 Å². The van der Waals surface area contributed by atoms with Gasteiger partial charge in [0.05, 0.1) is 6.10 Å². The van der Waals surface area contributed by atoms with Crippen molar-refractivity contribution in [3.8, 4) is 11.5 Å². The average Bonchev–Trinajstić information content (AvgIpc) is 2.69. The summed E-state index contributed by atoms with van der Waals surface area (Å²) in [6.07, 6.45) is 0.649. The van der Waals surface area contributed by atoms with Gasteiger partial charge in [0.2, 0.25) is 0 Å². The van der Waals surface area contributed by atoms with Crippen molar-refractivity contribution in [2.75, 3.05) is 6.61 Å². The van der Waals surface area contributed by atoms with Crippen molar-refractivity contribution < 1.29 is 20.1 Å². The summed E-state index contributed by atoms with van der Waals surface area (Å²) < 4.78 is 5.33. The van der Waals surface area contributed by atoms with Crippen molar-refractivity contribution >= 4 is 0 Å². The third-order valence-corrected chi connectivity index (χ3v) is 2.65. The van der Waals surface area contributed by atoms with E-state index in [0.717, 1.165) is 12.8 Å². The van der Waals surface area contributed by atoms with Crippen LogP contribution in [0.25, 0.3) is 0 Å². The first-order valence-electron chi connectivity index (χ1n) is 5.00. The molecule has 0 saturated carbocycles. The number of aliphatic hydroxyl groups is 1. The van der Waals surface area contributed by atoms with Crippen LogP contribution in [0.1, 0.15) is 24.5 Å². The molecule has 1 aromatic carbocycles. The fraction of sp³-hybridized carbons (Fsp3) is 0.455. The Bertz CT molecular complexity index is 344. The number of ether oxygens (including phenoxy) is 1. The van der Waals surface area contributed by atoms with E-state index in [4.69, 9.17) is 9.84 Å². The minimum absolute atomic E-state index is 0.0178. The summed E-state index contributed by atoms with van der Waals surface area (Å²) in [6, 6.07) is 4.16. The van der Waals surface area contributed by atoms with Gasteiger partial charge in [0, 0.05) is 18.2 Å². The minimum atomic E-state index is -0.826. The van der Waals surface area contributed by atoms with Crippen LogP contribution in [0, 0.1) is 0 Å². The molecule has 82 valence electrons. The van der Waals surface area contributed by atoms with Crippen molar-refractivity contribution in [3.63, 3.8) is 0 Å². The van der Waals surface area contributed by atoms with E-state index in [0.29, 0.717) is 12.2 Å². The van der Waals surface area contributed by atoms with Crippen LogP contribution < -0.4 is 0 Å². The molecule has 0 aliphatic carbocycles. The summed E-state index contributed by atoms with van der Waals surface area (Å²) in [5.41, 5.74) is 0.403. The molecule has 0 bridgehead atoms. The van der Waals surface area contributed by atoms with E-state index in [1.54, 1.807) is 0 Å². The molecule has 2 rings (SSSR count). The third-order valence-electron chi connectivity index (χ3n) is 2.65. The molecular formula is C11H14O4. The van der Waals surface area contributed by atoms with E-state index in [-0.39, 0.29) is 17.6 Å². The molecule has 1 saturated heterocycles. The van der Waals surface area contributed by atoms with Crippen molar-refractivity contribution in [2.24, 2.45) is 0 Å². The Morgan fingerprint density at radius 3 is 2.73 bits per heavy atom. The zero-order valence-corrected chi connectivity index (χ0v) is 8.26. The van der Waals surface area contributed by atoms with Gasteiger partial charge in [-0.2, -0.15) is 0 Å². The largest absolute Gasteiger partial charge is 0.508 e. The summed E-state index contributed by atoms with van der Waals surface area (Å²) in [4.78, 5) is 0. The number of aromatic hydroxyl groups is 2. The molecule has 4 heteroatoms. The Kier molecular flexibility index (Phi) is 2.79. The van der Waals surface area contributed by atoms with E-state index in [2.05, 4.69) is 0 Å². The molecule has 0 amide bonds. The van der Waals surface area contributed by atoms with Gasteiger partial charge in [-0.25, -0.2) is 0 Å². The second kappa shape index (κ2) is 4.08. The summed E-state index contributed by atoms with van der Waals surface area (Å²) in [7, 11) is 0. The molecule has 0 radical (unpaired) electrons. The highest BCUT2D eigenvalue weighted by Crippen LogP contribution is 2.33. The molecule has 1 fully saturated rings. The third kappa shape index (κ3) is 2.06. The fourth-order valence-electron chi connectivity index (χ4n) is 1.83. The predicted molar refractivity (Wildman–Crippen MR) is 53.7 cm³/mol. The van der Waals surface area contributed by atoms with Gasteiger partial charge in [0.25, 0.3) is 0 Å². The van der Waals surface area contributed by atoms with Crippen LogP contribution in [0.15, 0.2) is 18.2 Å². The molecule has 1 aliphatic heterocycles. The molecule has 0 unspecified atom stereocenters. The average molecular weight is 210 g/mol. The number of aliphatic hydroxyl groups excluding tert-OH is 1. The van der Waals surface area contributed by atoms with E-state index in [1.165, 1.54) is 18.2 Å². The van der Waals surface area contributed by atoms with Gasteiger partial charge in [-0.3, -0.25) is 0 Å². The van der Waals surface area contributed by atoms with Gasteiger partial charge in [-0.15, -0.1) is 0 Å². The molecule has 1 heterocycles. The smallest absolute Gasteiger partial charge is 0.125 e. The van der Waals surface area contributed by atoms with Gasteiger partial charge in [0.1, 0.15) is 17.6 Å². The van der Waals surface area contributed by atoms with E-state index < -0.39 is 6.10 Å². The maximum atomic E-state index is 9.93. The molecule has 1 aromatic rings. The normalized spacial score (nSPS) is 22.9. The lowest BCUT2D eigenvalue weighted by Gasteiger charge is -2.18. The van der Waals surface area contributed by atoms with E-state index in [1.807, 2.05) is 0 Å². The van der Waals surface area contributed by atoms with Crippen LogP contribution in [0.3, 0.4) is 0 Å². The van der Waals surface area contributed by atoms with Crippen LogP contribution in [0.5, 0.6) is 11.5 Å². The lowest BCUT2D eigenvalue weighted by atomic mass is 10.0. The Hall–Kier alpha value is -1.26. The standard InChI is InChI=1S/C11H14O4/c12-7-3-4-8(9(13)6-7)11(14)10-2-1-5-15-10/h3-4,6,10-14H,1-2,5H2/t10-,11+/m0/s1. The maximum Gasteiger partial charge on any atom is 0.125 e.